The number of hydrogen-bond donors (Lipinski definition) is 0. The summed E-state index contributed by atoms with van der Waals surface area (Å²) in [6.45, 7) is 0.357. The van der Waals surface area contributed by atoms with E-state index in [0.717, 1.165) is 12.8 Å². The monoisotopic (exact) mass is 266 g/mol. The minimum absolute atomic E-state index is 0.289. The van der Waals surface area contributed by atoms with E-state index < -0.39 is 9.84 Å². The standard InChI is InChI=1S/C11H14N4O2S/c16-18(17)7-2-1-4-9(18)8-15-11-10(13-14-15)5-3-6-12-11/h3,5-6,9H,1-2,4,7-8H2. The van der Waals surface area contributed by atoms with E-state index in [4.69, 9.17) is 0 Å². The fourth-order valence-electron chi connectivity index (χ4n) is 2.35. The van der Waals surface area contributed by atoms with E-state index in [1.807, 2.05) is 6.07 Å². The summed E-state index contributed by atoms with van der Waals surface area (Å²) >= 11 is 0. The molecule has 1 unspecified atom stereocenters. The summed E-state index contributed by atoms with van der Waals surface area (Å²) < 4.78 is 25.5. The summed E-state index contributed by atoms with van der Waals surface area (Å²) in [6.07, 6.45) is 4.10. The van der Waals surface area contributed by atoms with Crippen molar-refractivity contribution in [1.82, 2.24) is 20.0 Å². The molecule has 3 heterocycles. The number of pyridine rings is 1. The van der Waals surface area contributed by atoms with Crippen molar-refractivity contribution in [2.24, 2.45) is 0 Å². The molecule has 1 saturated heterocycles. The highest BCUT2D eigenvalue weighted by Gasteiger charge is 2.29. The van der Waals surface area contributed by atoms with Gasteiger partial charge in [-0.2, -0.15) is 0 Å². The SMILES string of the molecule is O=S1(=O)CCCCC1Cn1nnc2cccnc21. The first-order chi connectivity index (χ1) is 8.67. The van der Waals surface area contributed by atoms with Crippen LogP contribution in [-0.4, -0.2) is 39.4 Å². The smallest absolute Gasteiger partial charge is 0.178 e. The number of aromatic nitrogens is 4. The maximum Gasteiger partial charge on any atom is 0.178 e. The molecule has 0 aromatic carbocycles. The molecule has 0 bridgehead atoms. The third kappa shape index (κ3) is 1.98. The lowest BCUT2D eigenvalue weighted by Gasteiger charge is -2.21. The molecule has 1 fully saturated rings. The Morgan fingerprint density at radius 2 is 2.28 bits per heavy atom. The van der Waals surface area contributed by atoms with Gasteiger partial charge in [-0.25, -0.2) is 18.1 Å². The molecule has 3 rings (SSSR count). The van der Waals surface area contributed by atoms with Crippen molar-refractivity contribution in [1.29, 1.82) is 0 Å². The predicted molar refractivity (Wildman–Crippen MR) is 66.7 cm³/mol. The maximum atomic E-state index is 12.0. The Morgan fingerprint density at radius 1 is 1.39 bits per heavy atom. The van der Waals surface area contributed by atoms with Crippen molar-refractivity contribution in [3.63, 3.8) is 0 Å². The Hall–Kier alpha value is -1.50. The van der Waals surface area contributed by atoms with Gasteiger partial charge in [0.25, 0.3) is 0 Å². The Balaban J connectivity index is 1.92. The van der Waals surface area contributed by atoms with E-state index in [1.54, 1.807) is 16.9 Å². The second-order valence-corrected chi connectivity index (χ2v) is 7.00. The van der Waals surface area contributed by atoms with Crippen molar-refractivity contribution in [3.8, 4) is 0 Å². The van der Waals surface area contributed by atoms with Crippen molar-refractivity contribution in [3.05, 3.63) is 18.3 Å². The molecule has 2 aromatic heterocycles. The lowest BCUT2D eigenvalue weighted by molar-refractivity contribution is 0.489. The molecule has 0 N–H and O–H groups in total. The van der Waals surface area contributed by atoms with E-state index in [2.05, 4.69) is 15.3 Å². The minimum Gasteiger partial charge on any atom is -0.235 e. The van der Waals surface area contributed by atoms with Gasteiger partial charge < -0.3 is 0 Å². The van der Waals surface area contributed by atoms with Gasteiger partial charge in [0.15, 0.2) is 15.5 Å². The summed E-state index contributed by atoms with van der Waals surface area (Å²) in [7, 11) is -2.98. The van der Waals surface area contributed by atoms with Gasteiger partial charge in [0.05, 0.1) is 17.5 Å². The largest absolute Gasteiger partial charge is 0.235 e. The highest BCUT2D eigenvalue weighted by molar-refractivity contribution is 7.92. The van der Waals surface area contributed by atoms with Crippen molar-refractivity contribution in [2.75, 3.05) is 5.75 Å². The van der Waals surface area contributed by atoms with Gasteiger partial charge in [0, 0.05) is 6.20 Å². The number of fused-ring (bicyclic) bond motifs is 1. The van der Waals surface area contributed by atoms with Gasteiger partial charge in [0.1, 0.15) is 5.52 Å². The van der Waals surface area contributed by atoms with Gasteiger partial charge in [-0.1, -0.05) is 11.6 Å². The van der Waals surface area contributed by atoms with Gasteiger partial charge in [-0.15, -0.1) is 5.10 Å². The van der Waals surface area contributed by atoms with E-state index in [1.165, 1.54) is 0 Å². The fourth-order valence-corrected chi connectivity index (χ4v) is 4.19. The van der Waals surface area contributed by atoms with Crippen molar-refractivity contribution < 1.29 is 8.42 Å². The van der Waals surface area contributed by atoms with Crippen LogP contribution in [0.3, 0.4) is 0 Å². The zero-order valence-corrected chi connectivity index (χ0v) is 10.7. The van der Waals surface area contributed by atoms with Gasteiger partial charge >= 0.3 is 0 Å². The second-order valence-electron chi connectivity index (χ2n) is 4.60. The van der Waals surface area contributed by atoms with Crippen LogP contribution in [0.1, 0.15) is 19.3 Å². The molecule has 1 atom stereocenters. The highest BCUT2D eigenvalue weighted by Crippen LogP contribution is 2.21. The third-order valence-electron chi connectivity index (χ3n) is 3.36. The molecule has 18 heavy (non-hydrogen) atoms. The Morgan fingerprint density at radius 3 is 3.11 bits per heavy atom. The first kappa shape index (κ1) is 11.6. The number of nitrogens with zero attached hydrogens (tertiary/aromatic N) is 4. The van der Waals surface area contributed by atoms with Crippen LogP contribution < -0.4 is 0 Å². The zero-order chi connectivity index (χ0) is 12.6. The average Bonchev–Trinajstić information content (AvgIpc) is 2.75. The molecule has 96 valence electrons. The molecular weight excluding hydrogens is 252 g/mol. The minimum atomic E-state index is -2.98. The van der Waals surface area contributed by atoms with Gasteiger partial charge in [-0.3, -0.25) is 0 Å². The normalized spacial score (nSPS) is 23.2. The topological polar surface area (TPSA) is 77.7 Å². The Labute approximate surface area is 105 Å². The first-order valence-electron chi connectivity index (χ1n) is 6.02. The molecule has 0 spiro atoms. The summed E-state index contributed by atoms with van der Waals surface area (Å²) in [5.74, 6) is 0.289. The summed E-state index contributed by atoms with van der Waals surface area (Å²) in [5.41, 5.74) is 1.35. The maximum absolute atomic E-state index is 12.0. The highest BCUT2D eigenvalue weighted by atomic mass is 32.2. The van der Waals surface area contributed by atoms with Crippen LogP contribution in [0.2, 0.25) is 0 Å². The van der Waals surface area contributed by atoms with Crippen LogP contribution in [0.5, 0.6) is 0 Å². The van der Waals surface area contributed by atoms with Crippen LogP contribution in [0.15, 0.2) is 18.3 Å². The molecule has 2 aromatic rings. The zero-order valence-electron chi connectivity index (χ0n) is 9.86. The quantitative estimate of drug-likeness (QED) is 0.803. The van der Waals surface area contributed by atoms with Crippen LogP contribution in [0.25, 0.3) is 11.2 Å². The van der Waals surface area contributed by atoms with E-state index in [0.29, 0.717) is 24.1 Å². The second kappa shape index (κ2) is 4.31. The predicted octanol–water partition coefficient (Wildman–Crippen LogP) is 0.794. The van der Waals surface area contributed by atoms with E-state index in [-0.39, 0.29) is 11.0 Å². The average molecular weight is 266 g/mol. The molecular formula is C11H14N4O2S. The molecule has 7 heteroatoms. The Kier molecular flexibility index (Phi) is 2.77. The molecule has 0 radical (unpaired) electrons. The molecule has 6 nitrogen and oxygen atoms in total. The summed E-state index contributed by atoms with van der Waals surface area (Å²) in [6, 6.07) is 3.61. The Bertz CT molecular complexity index is 664. The lowest BCUT2D eigenvalue weighted by Crippen LogP contribution is -2.32. The summed E-state index contributed by atoms with van der Waals surface area (Å²) in [4.78, 5) is 4.20. The van der Waals surface area contributed by atoms with Crippen molar-refractivity contribution >= 4 is 21.0 Å². The third-order valence-corrected chi connectivity index (χ3v) is 5.62. The first-order valence-corrected chi connectivity index (χ1v) is 7.74. The summed E-state index contributed by atoms with van der Waals surface area (Å²) in [5, 5.41) is 7.63. The van der Waals surface area contributed by atoms with Gasteiger partial charge in [-0.05, 0) is 25.0 Å². The lowest BCUT2D eigenvalue weighted by atomic mass is 10.2. The molecule has 0 aliphatic carbocycles. The molecule has 1 aliphatic rings. The molecule has 0 saturated carbocycles. The van der Waals surface area contributed by atoms with Crippen LogP contribution in [0.4, 0.5) is 0 Å². The number of hydrogen-bond acceptors (Lipinski definition) is 5. The van der Waals surface area contributed by atoms with Crippen LogP contribution in [-0.2, 0) is 16.4 Å². The van der Waals surface area contributed by atoms with E-state index >= 15 is 0 Å². The van der Waals surface area contributed by atoms with Crippen LogP contribution >= 0.6 is 0 Å². The molecule has 0 amide bonds. The number of rotatable bonds is 2. The van der Waals surface area contributed by atoms with Crippen molar-refractivity contribution in [2.45, 2.75) is 31.1 Å². The molecule has 1 aliphatic heterocycles. The fraction of sp³-hybridized carbons (Fsp3) is 0.545. The van der Waals surface area contributed by atoms with Crippen LogP contribution in [0, 0.1) is 0 Å². The number of sulfone groups is 1. The van der Waals surface area contributed by atoms with E-state index in [9.17, 15) is 8.42 Å². The van der Waals surface area contributed by atoms with Gasteiger partial charge in [0.2, 0.25) is 0 Å².